The molecule has 2 rings (SSSR count). The first-order chi connectivity index (χ1) is 9.13. The minimum atomic E-state index is 0.241. The third-order valence-corrected chi connectivity index (χ3v) is 4.06. The van der Waals surface area contributed by atoms with Crippen molar-refractivity contribution in [1.82, 2.24) is 4.90 Å². The lowest BCUT2D eigenvalue weighted by Crippen LogP contribution is -2.42. The van der Waals surface area contributed by atoms with Gasteiger partial charge in [-0.15, -0.1) is 0 Å². The van der Waals surface area contributed by atoms with Crippen LogP contribution in [0.2, 0.25) is 0 Å². The van der Waals surface area contributed by atoms with E-state index in [0.717, 1.165) is 24.3 Å². The standard InChI is InChI=1S/C16H24N2O/c1-4-16(19)14-7-5-6-8-15(14)18-11-9-13(10-12-18)17(2)3/h5-8,13H,4,9-12H2,1-3H3. The molecule has 0 bridgehead atoms. The van der Waals surface area contributed by atoms with Crippen LogP contribution in [-0.2, 0) is 0 Å². The van der Waals surface area contributed by atoms with Crippen molar-refractivity contribution in [3.8, 4) is 0 Å². The number of hydrogen-bond donors (Lipinski definition) is 0. The summed E-state index contributed by atoms with van der Waals surface area (Å²) in [6.07, 6.45) is 2.91. The minimum absolute atomic E-state index is 0.241. The summed E-state index contributed by atoms with van der Waals surface area (Å²) in [6, 6.07) is 8.70. The van der Waals surface area contributed by atoms with Gasteiger partial charge in [-0.2, -0.15) is 0 Å². The van der Waals surface area contributed by atoms with Gasteiger partial charge in [-0.25, -0.2) is 0 Å². The molecule has 3 nitrogen and oxygen atoms in total. The first-order valence-electron chi connectivity index (χ1n) is 7.17. The predicted octanol–water partition coefficient (Wildman–Crippen LogP) is 2.81. The number of para-hydroxylation sites is 1. The van der Waals surface area contributed by atoms with E-state index < -0.39 is 0 Å². The van der Waals surface area contributed by atoms with Gasteiger partial charge in [0.1, 0.15) is 0 Å². The Morgan fingerprint density at radius 2 is 1.89 bits per heavy atom. The number of carbonyl (C=O) groups is 1. The van der Waals surface area contributed by atoms with E-state index in [1.54, 1.807) is 0 Å². The number of nitrogens with zero attached hydrogens (tertiary/aromatic N) is 2. The van der Waals surface area contributed by atoms with Crippen LogP contribution in [-0.4, -0.2) is 43.9 Å². The van der Waals surface area contributed by atoms with Gasteiger partial charge in [0.25, 0.3) is 0 Å². The van der Waals surface area contributed by atoms with Crippen LogP contribution in [0.4, 0.5) is 5.69 Å². The van der Waals surface area contributed by atoms with E-state index in [2.05, 4.69) is 30.0 Å². The zero-order chi connectivity index (χ0) is 13.8. The van der Waals surface area contributed by atoms with E-state index in [1.807, 2.05) is 25.1 Å². The fourth-order valence-electron chi connectivity index (χ4n) is 2.80. The highest BCUT2D eigenvalue weighted by atomic mass is 16.1. The number of anilines is 1. The molecule has 1 saturated heterocycles. The van der Waals surface area contributed by atoms with E-state index in [4.69, 9.17) is 0 Å². The van der Waals surface area contributed by atoms with Crippen molar-refractivity contribution in [2.75, 3.05) is 32.1 Å². The Bertz CT molecular complexity index is 434. The van der Waals surface area contributed by atoms with Crippen molar-refractivity contribution in [3.63, 3.8) is 0 Å². The Hall–Kier alpha value is -1.35. The Labute approximate surface area is 116 Å². The summed E-state index contributed by atoms with van der Waals surface area (Å²) in [4.78, 5) is 16.7. The molecule has 19 heavy (non-hydrogen) atoms. The summed E-state index contributed by atoms with van der Waals surface area (Å²) < 4.78 is 0. The summed E-state index contributed by atoms with van der Waals surface area (Å²) in [5.41, 5.74) is 2.00. The molecule has 1 aromatic carbocycles. The summed E-state index contributed by atoms with van der Waals surface area (Å²) in [5.74, 6) is 0.241. The molecule has 1 aliphatic heterocycles. The number of piperidine rings is 1. The highest BCUT2D eigenvalue weighted by Gasteiger charge is 2.23. The molecule has 3 heteroatoms. The molecule has 0 aromatic heterocycles. The molecule has 1 heterocycles. The minimum Gasteiger partial charge on any atom is -0.371 e. The molecule has 0 unspecified atom stereocenters. The van der Waals surface area contributed by atoms with Gasteiger partial charge in [0.05, 0.1) is 0 Å². The molecule has 0 N–H and O–H groups in total. The van der Waals surface area contributed by atoms with Crippen molar-refractivity contribution >= 4 is 11.5 Å². The number of rotatable bonds is 4. The summed E-state index contributed by atoms with van der Waals surface area (Å²) in [7, 11) is 4.30. The average Bonchev–Trinajstić information content (AvgIpc) is 2.46. The molecule has 0 radical (unpaired) electrons. The maximum absolute atomic E-state index is 12.0. The van der Waals surface area contributed by atoms with Crippen LogP contribution in [0.25, 0.3) is 0 Å². The van der Waals surface area contributed by atoms with Crippen molar-refractivity contribution in [1.29, 1.82) is 0 Å². The smallest absolute Gasteiger partial charge is 0.164 e. The average molecular weight is 260 g/mol. The van der Waals surface area contributed by atoms with Crippen molar-refractivity contribution < 1.29 is 4.79 Å². The van der Waals surface area contributed by atoms with Gasteiger partial charge in [0.2, 0.25) is 0 Å². The molecule has 0 spiro atoms. The summed E-state index contributed by atoms with van der Waals surface area (Å²) in [5, 5.41) is 0. The van der Waals surface area contributed by atoms with Crippen LogP contribution in [0.5, 0.6) is 0 Å². The summed E-state index contributed by atoms with van der Waals surface area (Å²) >= 11 is 0. The maximum Gasteiger partial charge on any atom is 0.164 e. The third-order valence-electron chi connectivity index (χ3n) is 4.06. The first kappa shape index (κ1) is 14.1. The lowest BCUT2D eigenvalue weighted by Gasteiger charge is -2.37. The molecule has 0 aliphatic carbocycles. The fourth-order valence-corrected chi connectivity index (χ4v) is 2.80. The Balaban J connectivity index is 2.13. The summed E-state index contributed by atoms with van der Waals surface area (Å²) in [6.45, 7) is 4.01. The molecule has 1 aliphatic rings. The molecular formula is C16H24N2O. The lowest BCUT2D eigenvalue weighted by atomic mass is 10.0. The Morgan fingerprint density at radius 3 is 2.47 bits per heavy atom. The van der Waals surface area contributed by atoms with Crippen molar-refractivity contribution in [2.24, 2.45) is 0 Å². The number of ketones is 1. The number of Topliss-reactive ketones (excluding diaryl/α,β-unsaturated/α-hetero) is 1. The Kier molecular flexibility index (Phi) is 4.59. The van der Waals surface area contributed by atoms with Crippen LogP contribution >= 0.6 is 0 Å². The van der Waals surface area contributed by atoms with Crippen LogP contribution in [0.15, 0.2) is 24.3 Å². The van der Waals surface area contributed by atoms with Gasteiger partial charge < -0.3 is 9.80 Å². The zero-order valence-corrected chi connectivity index (χ0v) is 12.2. The topological polar surface area (TPSA) is 23.6 Å². The SMILES string of the molecule is CCC(=O)c1ccccc1N1CCC(N(C)C)CC1. The zero-order valence-electron chi connectivity index (χ0n) is 12.2. The fraction of sp³-hybridized carbons (Fsp3) is 0.562. The monoisotopic (exact) mass is 260 g/mol. The van der Waals surface area contributed by atoms with E-state index in [-0.39, 0.29) is 5.78 Å². The second-order valence-corrected chi connectivity index (χ2v) is 5.48. The van der Waals surface area contributed by atoms with Gasteiger partial charge in [-0.05, 0) is 39.1 Å². The quantitative estimate of drug-likeness (QED) is 0.778. The van der Waals surface area contributed by atoms with Crippen LogP contribution < -0.4 is 4.90 Å². The number of benzene rings is 1. The number of hydrogen-bond acceptors (Lipinski definition) is 3. The molecule has 1 aromatic rings. The Morgan fingerprint density at radius 1 is 1.26 bits per heavy atom. The van der Waals surface area contributed by atoms with E-state index >= 15 is 0 Å². The molecule has 0 amide bonds. The van der Waals surface area contributed by atoms with Gasteiger partial charge in [0, 0.05) is 36.8 Å². The van der Waals surface area contributed by atoms with Crippen LogP contribution in [0.3, 0.4) is 0 Å². The third kappa shape index (κ3) is 3.16. The van der Waals surface area contributed by atoms with Gasteiger partial charge >= 0.3 is 0 Å². The highest BCUT2D eigenvalue weighted by molar-refractivity contribution is 6.01. The van der Waals surface area contributed by atoms with E-state index in [1.165, 1.54) is 12.8 Å². The second kappa shape index (κ2) is 6.20. The van der Waals surface area contributed by atoms with Crippen LogP contribution in [0.1, 0.15) is 36.5 Å². The molecule has 0 saturated carbocycles. The molecule has 0 atom stereocenters. The first-order valence-corrected chi connectivity index (χ1v) is 7.17. The van der Waals surface area contributed by atoms with Gasteiger partial charge in [0.15, 0.2) is 5.78 Å². The number of carbonyl (C=O) groups excluding carboxylic acids is 1. The maximum atomic E-state index is 12.0. The molecule has 104 valence electrons. The van der Waals surface area contributed by atoms with Crippen molar-refractivity contribution in [2.45, 2.75) is 32.2 Å². The molecule has 1 fully saturated rings. The van der Waals surface area contributed by atoms with Crippen molar-refractivity contribution in [3.05, 3.63) is 29.8 Å². The van der Waals surface area contributed by atoms with Gasteiger partial charge in [-0.1, -0.05) is 19.1 Å². The second-order valence-electron chi connectivity index (χ2n) is 5.48. The van der Waals surface area contributed by atoms with E-state index in [9.17, 15) is 4.79 Å². The lowest BCUT2D eigenvalue weighted by molar-refractivity contribution is 0.0988. The normalized spacial score (nSPS) is 16.9. The largest absolute Gasteiger partial charge is 0.371 e. The highest BCUT2D eigenvalue weighted by Crippen LogP contribution is 2.26. The predicted molar refractivity (Wildman–Crippen MR) is 80.0 cm³/mol. The molecular weight excluding hydrogens is 236 g/mol. The van der Waals surface area contributed by atoms with Gasteiger partial charge in [-0.3, -0.25) is 4.79 Å². The van der Waals surface area contributed by atoms with Crippen LogP contribution in [0, 0.1) is 0 Å². The van der Waals surface area contributed by atoms with E-state index in [0.29, 0.717) is 12.5 Å².